The second-order valence-corrected chi connectivity index (χ2v) is 3.81. The van der Waals surface area contributed by atoms with Crippen LogP contribution in [0.3, 0.4) is 0 Å². The van der Waals surface area contributed by atoms with Crippen LogP contribution >= 0.6 is 0 Å². The first-order valence-electron chi connectivity index (χ1n) is 3.64. The summed E-state index contributed by atoms with van der Waals surface area (Å²) in [5.41, 5.74) is 5.66. The van der Waals surface area contributed by atoms with Crippen molar-refractivity contribution >= 4 is 5.84 Å². The number of hydrogen-bond acceptors (Lipinski definition) is 1. The van der Waals surface area contributed by atoms with Gasteiger partial charge in [0.05, 0.1) is 11.9 Å². The topological polar surface area (TPSA) is 38.4 Å². The fourth-order valence-electron chi connectivity index (χ4n) is 0.499. The minimum atomic E-state index is 0.223. The molecule has 2 nitrogen and oxygen atoms in total. The highest BCUT2D eigenvalue weighted by Gasteiger charge is 2.18. The molecule has 0 heterocycles. The van der Waals surface area contributed by atoms with Gasteiger partial charge in [-0.25, -0.2) is 0 Å². The maximum absolute atomic E-state index is 5.44. The van der Waals surface area contributed by atoms with Crippen LogP contribution in [0, 0.1) is 5.41 Å². The molecule has 0 radical (unpaired) electrons. The molecular formula is C8H18N2. The van der Waals surface area contributed by atoms with E-state index in [0.717, 1.165) is 0 Å². The van der Waals surface area contributed by atoms with Crippen molar-refractivity contribution in [3.63, 3.8) is 0 Å². The molecule has 0 aliphatic heterocycles. The third-order valence-electron chi connectivity index (χ3n) is 1.65. The zero-order valence-corrected chi connectivity index (χ0v) is 7.60. The van der Waals surface area contributed by atoms with Gasteiger partial charge in [0.15, 0.2) is 0 Å². The summed E-state index contributed by atoms with van der Waals surface area (Å²) in [6.45, 7) is 10.4. The molecule has 0 aromatic heterocycles. The van der Waals surface area contributed by atoms with Crippen LogP contribution in [0.15, 0.2) is 4.99 Å². The summed E-state index contributed by atoms with van der Waals surface area (Å²) in [6, 6.07) is 0.303. The van der Waals surface area contributed by atoms with E-state index in [9.17, 15) is 0 Å². The largest absolute Gasteiger partial charge is 0.388 e. The molecule has 1 atom stereocenters. The Bertz CT molecular complexity index is 127. The van der Waals surface area contributed by atoms with Gasteiger partial charge in [0, 0.05) is 0 Å². The summed E-state index contributed by atoms with van der Waals surface area (Å²) >= 11 is 0. The molecule has 0 spiro atoms. The van der Waals surface area contributed by atoms with Gasteiger partial charge in [-0.3, -0.25) is 4.99 Å². The number of aliphatic imine (C=N–C) groups is 1. The second-order valence-electron chi connectivity index (χ2n) is 3.81. The van der Waals surface area contributed by atoms with E-state index in [1.54, 1.807) is 0 Å². The Labute approximate surface area is 63.5 Å². The highest BCUT2D eigenvalue weighted by molar-refractivity contribution is 5.77. The highest BCUT2D eigenvalue weighted by atomic mass is 14.9. The molecular weight excluding hydrogens is 124 g/mol. The SMILES string of the molecule is CC(N)=NC(C)C(C)(C)C. The van der Waals surface area contributed by atoms with Crippen molar-refractivity contribution in [2.45, 2.75) is 40.7 Å². The predicted octanol–water partition coefficient (Wildman–Crippen LogP) is 1.80. The van der Waals surface area contributed by atoms with E-state index in [4.69, 9.17) is 5.73 Å². The van der Waals surface area contributed by atoms with E-state index in [1.165, 1.54) is 0 Å². The van der Waals surface area contributed by atoms with Crippen molar-refractivity contribution in [1.29, 1.82) is 0 Å². The fourth-order valence-corrected chi connectivity index (χ4v) is 0.499. The van der Waals surface area contributed by atoms with E-state index in [2.05, 4.69) is 32.7 Å². The molecule has 0 aliphatic carbocycles. The molecule has 2 N–H and O–H groups in total. The van der Waals surface area contributed by atoms with Gasteiger partial charge in [-0.05, 0) is 19.3 Å². The van der Waals surface area contributed by atoms with Crippen molar-refractivity contribution in [3.8, 4) is 0 Å². The first-order chi connectivity index (χ1) is 4.34. The van der Waals surface area contributed by atoms with Crippen LogP contribution in [0.5, 0.6) is 0 Å². The summed E-state index contributed by atoms with van der Waals surface area (Å²) in [6.07, 6.45) is 0. The minimum Gasteiger partial charge on any atom is -0.388 e. The third-order valence-corrected chi connectivity index (χ3v) is 1.65. The quantitative estimate of drug-likeness (QED) is 0.440. The smallest absolute Gasteiger partial charge is 0.0909 e. The Balaban J connectivity index is 4.11. The van der Waals surface area contributed by atoms with Gasteiger partial charge in [-0.2, -0.15) is 0 Å². The van der Waals surface area contributed by atoms with Gasteiger partial charge < -0.3 is 5.73 Å². The summed E-state index contributed by atoms with van der Waals surface area (Å²) in [4.78, 5) is 4.24. The molecule has 0 bridgehead atoms. The molecule has 10 heavy (non-hydrogen) atoms. The van der Waals surface area contributed by atoms with Crippen LogP contribution in [0.2, 0.25) is 0 Å². The summed E-state index contributed by atoms with van der Waals surface area (Å²) in [5, 5.41) is 0. The van der Waals surface area contributed by atoms with E-state index >= 15 is 0 Å². The molecule has 0 fully saturated rings. The lowest BCUT2D eigenvalue weighted by Crippen LogP contribution is -2.23. The van der Waals surface area contributed by atoms with Gasteiger partial charge in [0.2, 0.25) is 0 Å². The number of nitrogens with zero attached hydrogens (tertiary/aromatic N) is 1. The van der Waals surface area contributed by atoms with Crippen molar-refractivity contribution in [1.82, 2.24) is 0 Å². The highest BCUT2D eigenvalue weighted by Crippen LogP contribution is 2.21. The Morgan fingerprint density at radius 3 is 1.90 bits per heavy atom. The molecule has 0 aromatic carbocycles. The van der Waals surface area contributed by atoms with Crippen molar-refractivity contribution in [2.24, 2.45) is 16.1 Å². The molecule has 60 valence electrons. The fraction of sp³-hybridized carbons (Fsp3) is 0.875. The first-order valence-corrected chi connectivity index (χ1v) is 3.64. The van der Waals surface area contributed by atoms with Crippen LogP contribution in [-0.2, 0) is 0 Å². The van der Waals surface area contributed by atoms with E-state index in [-0.39, 0.29) is 5.41 Å². The van der Waals surface area contributed by atoms with Crippen molar-refractivity contribution in [2.75, 3.05) is 0 Å². The molecule has 1 unspecified atom stereocenters. The van der Waals surface area contributed by atoms with E-state index in [0.29, 0.717) is 11.9 Å². The molecule has 0 amide bonds. The lowest BCUT2D eigenvalue weighted by molar-refractivity contribution is 0.341. The monoisotopic (exact) mass is 142 g/mol. The molecule has 0 saturated heterocycles. The van der Waals surface area contributed by atoms with Crippen LogP contribution < -0.4 is 5.73 Å². The average molecular weight is 142 g/mol. The summed E-state index contributed by atoms with van der Waals surface area (Å²) in [7, 11) is 0. The predicted molar refractivity (Wildman–Crippen MR) is 46.2 cm³/mol. The van der Waals surface area contributed by atoms with E-state index < -0.39 is 0 Å². The molecule has 0 aromatic rings. The summed E-state index contributed by atoms with van der Waals surface area (Å²) in [5.74, 6) is 0.669. The minimum absolute atomic E-state index is 0.223. The van der Waals surface area contributed by atoms with Crippen molar-refractivity contribution in [3.05, 3.63) is 0 Å². The summed E-state index contributed by atoms with van der Waals surface area (Å²) < 4.78 is 0. The van der Waals surface area contributed by atoms with Gasteiger partial charge in [0.1, 0.15) is 0 Å². The lowest BCUT2D eigenvalue weighted by atomic mass is 9.88. The number of rotatable bonds is 1. The number of amidine groups is 1. The molecule has 2 heteroatoms. The Hall–Kier alpha value is -0.530. The van der Waals surface area contributed by atoms with Crippen LogP contribution in [0.1, 0.15) is 34.6 Å². The Kier molecular flexibility index (Phi) is 2.88. The molecule has 0 rings (SSSR count). The molecule has 0 saturated carbocycles. The third kappa shape index (κ3) is 3.49. The number of hydrogen-bond donors (Lipinski definition) is 1. The average Bonchev–Trinajstić information content (AvgIpc) is 1.60. The number of nitrogens with two attached hydrogens (primary N) is 1. The van der Waals surface area contributed by atoms with E-state index in [1.807, 2.05) is 6.92 Å². The maximum Gasteiger partial charge on any atom is 0.0909 e. The second kappa shape index (κ2) is 3.04. The Morgan fingerprint density at radius 2 is 1.80 bits per heavy atom. The van der Waals surface area contributed by atoms with Gasteiger partial charge in [-0.1, -0.05) is 20.8 Å². The lowest BCUT2D eigenvalue weighted by Gasteiger charge is -2.23. The van der Waals surface area contributed by atoms with Gasteiger partial charge in [-0.15, -0.1) is 0 Å². The van der Waals surface area contributed by atoms with Gasteiger partial charge in [0.25, 0.3) is 0 Å². The van der Waals surface area contributed by atoms with Crippen LogP contribution in [0.25, 0.3) is 0 Å². The van der Waals surface area contributed by atoms with Crippen molar-refractivity contribution < 1.29 is 0 Å². The van der Waals surface area contributed by atoms with Crippen LogP contribution in [-0.4, -0.2) is 11.9 Å². The zero-order valence-electron chi connectivity index (χ0n) is 7.60. The zero-order chi connectivity index (χ0) is 8.36. The van der Waals surface area contributed by atoms with Gasteiger partial charge >= 0.3 is 0 Å². The standard InChI is InChI=1S/C8H18N2/c1-6(8(3,4)5)10-7(2)9/h6H,1-5H3,(H2,9,10). The van der Waals surface area contributed by atoms with Crippen LogP contribution in [0.4, 0.5) is 0 Å². The first kappa shape index (κ1) is 9.47. The normalized spacial score (nSPS) is 17.1. The molecule has 0 aliphatic rings. The Morgan fingerprint density at radius 1 is 1.40 bits per heavy atom. The maximum atomic E-state index is 5.44.